The van der Waals surface area contributed by atoms with E-state index in [1.165, 1.54) is 0 Å². The number of likely N-dealkylation sites (tertiary alicyclic amines) is 1. The van der Waals surface area contributed by atoms with Gasteiger partial charge in [-0.2, -0.15) is 0 Å². The average Bonchev–Trinajstić information content (AvgIpc) is 2.99. The molecule has 1 aromatic carbocycles. The summed E-state index contributed by atoms with van der Waals surface area (Å²) in [6.07, 6.45) is 2.71. The Hall–Kier alpha value is -1.55. The Morgan fingerprint density at radius 3 is 2.45 bits per heavy atom. The highest BCUT2D eigenvalue weighted by Crippen LogP contribution is 2.17. The van der Waals surface area contributed by atoms with Crippen LogP contribution < -0.4 is 5.32 Å². The molecule has 1 fully saturated rings. The molecule has 1 aromatic rings. The van der Waals surface area contributed by atoms with Gasteiger partial charge in [0.1, 0.15) is 6.04 Å². The summed E-state index contributed by atoms with van der Waals surface area (Å²) in [5, 5.41) is 3.27. The molecule has 1 aliphatic heterocycles. The Balaban J connectivity index is 2.10. The summed E-state index contributed by atoms with van der Waals surface area (Å²) in [6.45, 7) is 5.67. The molecule has 120 valence electrons. The highest BCUT2D eigenvalue weighted by atomic mass is 35.5. The van der Waals surface area contributed by atoms with Gasteiger partial charge in [-0.05, 0) is 37.3 Å². The van der Waals surface area contributed by atoms with Gasteiger partial charge < -0.3 is 10.2 Å². The van der Waals surface area contributed by atoms with Crippen LogP contribution in [0, 0.1) is 5.92 Å². The number of carbonyl (C=O) groups is 2. The van der Waals surface area contributed by atoms with Crippen LogP contribution in [0.2, 0.25) is 5.02 Å². The minimum absolute atomic E-state index is 0.0200. The van der Waals surface area contributed by atoms with Crippen LogP contribution in [0.25, 0.3) is 0 Å². The van der Waals surface area contributed by atoms with Gasteiger partial charge in [-0.15, -0.1) is 0 Å². The third kappa shape index (κ3) is 4.23. The van der Waals surface area contributed by atoms with Crippen molar-refractivity contribution in [2.75, 3.05) is 13.1 Å². The number of nitrogens with zero attached hydrogens (tertiary/aromatic N) is 1. The van der Waals surface area contributed by atoms with Crippen molar-refractivity contribution in [3.8, 4) is 0 Å². The number of amides is 2. The summed E-state index contributed by atoms with van der Waals surface area (Å²) < 4.78 is 0. The van der Waals surface area contributed by atoms with E-state index in [-0.39, 0.29) is 11.8 Å². The molecule has 1 atom stereocenters. The molecule has 2 rings (SSSR count). The minimum atomic E-state index is -0.484. The minimum Gasteiger partial charge on any atom is -0.341 e. The van der Waals surface area contributed by atoms with Gasteiger partial charge in [-0.25, -0.2) is 0 Å². The van der Waals surface area contributed by atoms with Gasteiger partial charge in [-0.3, -0.25) is 9.59 Å². The number of carbonyl (C=O) groups excluding carboxylic acids is 2. The predicted molar refractivity (Wildman–Crippen MR) is 88.0 cm³/mol. The van der Waals surface area contributed by atoms with Crippen molar-refractivity contribution in [3.05, 3.63) is 34.9 Å². The topological polar surface area (TPSA) is 49.4 Å². The monoisotopic (exact) mass is 322 g/mol. The summed E-state index contributed by atoms with van der Waals surface area (Å²) >= 11 is 6.06. The van der Waals surface area contributed by atoms with E-state index in [9.17, 15) is 9.59 Å². The lowest BCUT2D eigenvalue weighted by Crippen LogP contribution is -2.48. The van der Waals surface area contributed by atoms with Crippen molar-refractivity contribution in [2.45, 2.75) is 39.2 Å². The van der Waals surface area contributed by atoms with E-state index in [0.29, 0.717) is 22.9 Å². The van der Waals surface area contributed by atoms with Crippen LogP contribution >= 0.6 is 11.6 Å². The molecule has 0 saturated carbocycles. The van der Waals surface area contributed by atoms with Gasteiger partial charge in [0.15, 0.2) is 0 Å². The number of rotatable bonds is 5. The van der Waals surface area contributed by atoms with Gasteiger partial charge in [0.2, 0.25) is 5.91 Å². The summed E-state index contributed by atoms with van der Waals surface area (Å²) in [4.78, 5) is 26.9. The molecule has 0 aromatic heterocycles. The van der Waals surface area contributed by atoms with Gasteiger partial charge in [-0.1, -0.05) is 37.6 Å². The quantitative estimate of drug-likeness (QED) is 0.905. The van der Waals surface area contributed by atoms with Crippen molar-refractivity contribution in [2.24, 2.45) is 5.92 Å². The van der Waals surface area contributed by atoms with Gasteiger partial charge in [0.25, 0.3) is 5.91 Å². The van der Waals surface area contributed by atoms with Crippen LogP contribution in [0.4, 0.5) is 0 Å². The van der Waals surface area contributed by atoms with Crippen LogP contribution in [0.5, 0.6) is 0 Å². The first kappa shape index (κ1) is 16.8. The standard InChI is InChI=1S/C17H23ClN2O2/c1-12(2)11-15(17(22)20-9-5-6-10-20)19-16(21)13-7-3-4-8-14(13)18/h3-4,7-8,12,15H,5-6,9-11H2,1-2H3,(H,19,21)/t15-/m0/s1. The van der Waals surface area contributed by atoms with Crippen molar-refractivity contribution in [1.82, 2.24) is 10.2 Å². The van der Waals surface area contributed by atoms with E-state index in [1.54, 1.807) is 24.3 Å². The summed E-state index contributed by atoms with van der Waals surface area (Å²) in [5.74, 6) is 0.0542. The molecule has 4 nitrogen and oxygen atoms in total. The molecule has 0 aliphatic carbocycles. The van der Waals surface area contributed by atoms with E-state index in [2.05, 4.69) is 5.32 Å². The van der Waals surface area contributed by atoms with E-state index in [4.69, 9.17) is 11.6 Å². The second kappa shape index (κ2) is 7.63. The molecule has 1 N–H and O–H groups in total. The van der Waals surface area contributed by atoms with Crippen LogP contribution in [-0.4, -0.2) is 35.8 Å². The Bertz CT molecular complexity index is 539. The van der Waals surface area contributed by atoms with E-state index < -0.39 is 6.04 Å². The second-order valence-corrected chi connectivity index (χ2v) is 6.58. The zero-order valence-electron chi connectivity index (χ0n) is 13.1. The second-order valence-electron chi connectivity index (χ2n) is 6.17. The van der Waals surface area contributed by atoms with Gasteiger partial charge in [0.05, 0.1) is 10.6 Å². The Morgan fingerprint density at radius 1 is 1.23 bits per heavy atom. The Kier molecular flexibility index (Phi) is 5.83. The summed E-state index contributed by atoms with van der Waals surface area (Å²) in [5.41, 5.74) is 0.409. The third-order valence-corrected chi connectivity index (χ3v) is 4.18. The molecule has 1 heterocycles. The number of hydrogen-bond acceptors (Lipinski definition) is 2. The first-order chi connectivity index (χ1) is 10.5. The van der Waals surface area contributed by atoms with Crippen LogP contribution in [0.15, 0.2) is 24.3 Å². The van der Waals surface area contributed by atoms with E-state index >= 15 is 0 Å². The SMILES string of the molecule is CC(C)C[C@H](NC(=O)c1ccccc1Cl)C(=O)N1CCCC1. The molecule has 5 heteroatoms. The summed E-state index contributed by atoms with van der Waals surface area (Å²) in [7, 11) is 0. The fourth-order valence-electron chi connectivity index (χ4n) is 2.73. The lowest BCUT2D eigenvalue weighted by atomic mass is 10.0. The van der Waals surface area contributed by atoms with E-state index in [1.807, 2.05) is 18.7 Å². The van der Waals surface area contributed by atoms with E-state index in [0.717, 1.165) is 25.9 Å². The van der Waals surface area contributed by atoms with Gasteiger partial charge >= 0.3 is 0 Å². The molecular weight excluding hydrogens is 300 g/mol. The third-order valence-electron chi connectivity index (χ3n) is 3.85. The molecule has 0 bridgehead atoms. The Labute approximate surface area is 136 Å². The van der Waals surface area contributed by atoms with Crippen molar-refractivity contribution in [3.63, 3.8) is 0 Å². The van der Waals surface area contributed by atoms with Crippen molar-refractivity contribution >= 4 is 23.4 Å². The molecule has 0 radical (unpaired) electrons. The zero-order chi connectivity index (χ0) is 16.1. The fraction of sp³-hybridized carbons (Fsp3) is 0.529. The molecule has 0 spiro atoms. The lowest BCUT2D eigenvalue weighted by Gasteiger charge is -2.25. The number of benzene rings is 1. The van der Waals surface area contributed by atoms with Crippen molar-refractivity contribution < 1.29 is 9.59 Å². The van der Waals surface area contributed by atoms with Crippen molar-refractivity contribution in [1.29, 1.82) is 0 Å². The predicted octanol–water partition coefficient (Wildman–Crippen LogP) is 3.11. The average molecular weight is 323 g/mol. The molecule has 0 unspecified atom stereocenters. The first-order valence-electron chi connectivity index (χ1n) is 7.83. The van der Waals surface area contributed by atoms with Gasteiger partial charge in [0, 0.05) is 13.1 Å². The summed E-state index contributed by atoms with van der Waals surface area (Å²) in [6, 6.07) is 6.41. The largest absolute Gasteiger partial charge is 0.341 e. The molecule has 22 heavy (non-hydrogen) atoms. The molecule has 1 aliphatic rings. The molecule has 1 saturated heterocycles. The maximum atomic E-state index is 12.6. The van der Waals surface area contributed by atoms with Crippen LogP contribution in [0.1, 0.15) is 43.5 Å². The number of nitrogens with one attached hydrogen (secondary N) is 1. The fourth-order valence-corrected chi connectivity index (χ4v) is 2.95. The van der Waals surface area contributed by atoms with Crippen LogP contribution in [-0.2, 0) is 4.79 Å². The van der Waals surface area contributed by atoms with Crippen LogP contribution in [0.3, 0.4) is 0 Å². The highest BCUT2D eigenvalue weighted by molar-refractivity contribution is 6.33. The maximum absolute atomic E-state index is 12.6. The first-order valence-corrected chi connectivity index (χ1v) is 8.21. The number of hydrogen-bond donors (Lipinski definition) is 1. The highest BCUT2D eigenvalue weighted by Gasteiger charge is 2.28. The normalized spacial score (nSPS) is 15.9. The lowest BCUT2D eigenvalue weighted by molar-refractivity contribution is -0.132. The Morgan fingerprint density at radius 2 is 1.86 bits per heavy atom. The molecular formula is C17H23ClN2O2. The molecule has 2 amide bonds. The smallest absolute Gasteiger partial charge is 0.253 e. The zero-order valence-corrected chi connectivity index (χ0v) is 13.9. The maximum Gasteiger partial charge on any atom is 0.253 e. The number of halogens is 1.